The number of aromatic nitrogens is 1. The van der Waals surface area contributed by atoms with Crippen LogP contribution in [0.2, 0.25) is 0 Å². The van der Waals surface area contributed by atoms with E-state index in [1.807, 2.05) is 11.9 Å². The molecule has 0 aliphatic heterocycles. The summed E-state index contributed by atoms with van der Waals surface area (Å²) in [6.45, 7) is 14.3. The molecule has 0 radical (unpaired) electrons. The van der Waals surface area contributed by atoms with Crippen LogP contribution in [-0.4, -0.2) is 24.6 Å². The summed E-state index contributed by atoms with van der Waals surface area (Å²) in [6, 6.07) is 1.94. The normalized spacial score (nSPS) is 13.6. The van der Waals surface area contributed by atoms with Gasteiger partial charge in [0.1, 0.15) is 0 Å². The Morgan fingerprint density at radius 2 is 1.90 bits per heavy atom. The summed E-state index contributed by atoms with van der Waals surface area (Å²) < 4.78 is 14.7. The van der Waals surface area contributed by atoms with Crippen LogP contribution in [0.4, 0.5) is 10.2 Å². The van der Waals surface area contributed by atoms with E-state index in [1.165, 1.54) is 0 Å². The van der Waals surface area contributed by atoms with Crippen LogP contribution in [0.15, 0.2) is 12.3 Å². The highest BCUT2D eigenvalue weighted by atomic mass is 19.1. The van der Waals surface area contributed by atoms with Crippen molar-refractivity contribution in [3.8, 4) is 0 Å². The van der Waals surface area contributed by atoms with E-state index >= 15 is 0 Å². The smallest absolute Gasteiger partial charge is 0.170 e. The maximum Gasteiger partial charge on any atom is 0.170 e. The van der Waals surface area contributed by atoms with Crippen LogP contribution in [0.25, 0.3) is 0 Å². The zero-order valence-electron chi connectivity index (χ0n) is 14.5. The molecule has 120 valence electrons. The average molecular weight is 295 g/mol. The van der Waals surface area contributed by atoms with Gasteiger partial charge in [0.15, 0.2) is 11.6 Å². The van der Waals surface area contributed by atoms with E-state index in [2.05, 4.69) is 51.8 Å². The van der Waals surface area contributed by atoms with Gasteiger partial charge in [-0.1, -0.05) is 34.6 Å². The van der Waals surface area contributed by atoms with Crippen LogP contribution in [0.5, 0.6) is 0 Å². The van der Waals surface area contributed by atoms with Crippen molar-refractivity contribution in [1.29, 1.82) is 0 Å². The Balaban J connectivity index is 2.89. The number of hydrogen-bond donors (Lipinski definition) is 1. The lowest BCUT2D eigenvalue weighted by molar-refractivity contribution is 0.326. The molecule has 0 aromatic carbocycles. The van der Waals surface area contributed by atoms with E-state index in [9.17, 15) is 4.39 Å². The van der Waals surface area contributed by atoms with Crippen molar-refractivity contribution in [2.24, 2.45) is 11.3 Å². The Morgan fingerprint density at radius 3 is 2.43 bits per heavy atom. The van der Waals surface area contributed by atoms with Crippen molar-refractivity contribution in [2.75, 3.05) is 18.5 Å². The molecule has 0 saturated carbocycles. The molecule has 1 rings (SSSR count). The highest BCUT2D eigenvalue weighted by Crippen LogP contribution is 2.28. The lowest BCUT2D eigenvalue weighted by Crippen LogP contribution is -2.40. The zero-order chi connectivity index (χ0) is 16.2. The lowest BCUT2D eigenvalue weighted by Gasteiger charge is -2.36. The van der Waals surface area contributed by atoms with Gasteiger partial charge in [0.25, 0.3) is 0 Å². The van der Waals surface area contributed by atoms with Crippen LogP contribution < -0.4 is 10.2 Å². The molecule has 0 fully saturated rings. The van der Waals surface area contributed by atoms with Crippen LogP contribution in [-0.2, 0) is 6.54 Å². The highest BCUT2D eigenvalue weighted by molar-refractivity contribution is 5.43. The second-order valence-corrected chi connectivity index (χ2v) is 7.29. The predicted molar refractivity (Wildman–Crippen MR) is 88.1 cm³/mol. The number of hydrogen-bond acceptors (Lipinski definition) is 3. The Labute approximate surface area is 129 Å². The number of pyridine rings is 1. The van der Waals surface area contributed by atoms with Crippen molar-refractivity contribution in [1.82, 2.24) is 10.3 Å². The Bertz CT molecular complexity index is 452. The maximum absolute atomic E-state index is 14.7. The lowest BCUT2D eigenvalue weighted by atomic mass is 9.87. The van der Waals surface area contributed by atoms with E-state index in [0.29, 0.717) is 23.8 Å². The molecular formula is C17H30FN3. The summed E-state index contributed by atoms with van der Waals surface area (Å²) in [5.74, 6) is 0.770. The first-order valence-corrected chi connectivity index (χ1v) is 7.71. The van der Waals surface area contributed by atoms with Crippen molar-refractivity contribution in [3.05, 3.63) is 23.6 Å². The second-order valence-electron chi connectivity index (χ2n) is 7.29. The molecule has 1 heterocycles. The third kappa shape index (κ3) is 4.95. The van der Waals surface area contributed by atoms with Gasteiger partial charge in [0.05, 0.1) is 0 Å². The Hall–Kier alpha value is -1.16. The molecule has 1 aromatic heterocycles. The minimum atomic E-state index is -0.215. The average Bonchev–Trinajstić information content (AvgIpc) is 2.37. The Kier molecular flexibility index (Phi) is 6.14. The number of nitrogens with one attached hydrogen (secondary N) is 1. The molecule has 0 bridgehead atoms. The number of nitrogens with zero attached hydrogens (tertiary/aromatic N) is 2. The highest BCUT2D eigenvalue weighted by Gasteiger charge is 2.26. The second kappa shape index (κ2) is 7.21. The van der Waals surface area contributed by atoms with Crippen molar-refractivity contribution in [3.63, 3.8) is 0 Å². The number of anilines is 1. The fraction of sp³-hybridized carbons (Fsp3) is 0.706. The monoisotopic (exact) mass is 295 g/mol. The molecule has 1 aromatic rings. The minimum Gasteiger partial charge on any atom is -0.354 e. The van der Waals surface area contributed by atoms with E-state index < -0.39 is 0 Å². The third-order valence-electron chi connectivity index (χ3n) is 3.99. The summed E-state index contributed by atoms with van der Waals surface area (Å²) in [5, 5.41) is 3.28. The first-order valence-electron chi connectivity index (χ1n) is 7.71. The van der Waals surface area contributed by atoms with Gasteiger partial charge in [-0.3, -0.25) is 0 Å². The molecule has 3 nitrogen and oxygen atoms in total. The van der Waals surface area contributed by atoms with Crippen molar-refractivity contribution >= 4 is 5.82 Å². The summed E-state index contributed by atoms with van der Waals surface area (Å²) >= 11 is 0. The molecule has 1 N–H and O–H groups in total. The fourth-order valence-corrected chi connectivity index (χ4v) is 2.11. The third-order valence-corrected chi connectivity index (χ3v) is 3.99. The molecular weight excluding hydrogens is 265 g/mol. The van der Waals surface area contributed by atoms with Crippen molar-refractivity contribution in [2.45, 2.75) is 54.1 Å². The largest absolute Gasteiger partial charge is 0.354 e. The molecule has 0 saturated heterocycles. The molecule has 0 spiro atoms. The van der Waals surface area contributed by atoms with E-state index in [0.717, 1.165) is 6.54 Å². The molecule has 1 atom stereocenters. The van der Waals surface area contributed by atoms with E-state index in [1.54, 1.807) is 12.3 Å². The van der Waals surface area contributed by atoms with Gasteiger partial charge in [-0.15, -0.1) is 0 Å². The summed E-state index contributed by atoms with van der Waals surface area (Å²) in [6.07, 6.45) is 1.69. The van der Waals surface area contributed by atoms with Gasteiger partial charge < -0.3 is 10.2 Å². The van der Waals surface area contributed by atoms with Crippen LogP contribution in [0.3, 0.4) is 0 Å². The van der Waals surface area contributed by atoms with Crippen molar-refractivity contribution < 1.29 is 4.39 Å². The van der Waals surface area contributed by atoms with Crippen LogP contribution in [0, 0.1) is 17.2 Å². The summed E-state index contributed by atoms with van der Waals surface area (Å²) in [5.41, 5.74) is 0.739. The summed E-state index contributed by atoms with van der Waals surface area (Å²) in [4.78, 5) is 6.17. The SMILES string of the molecule is CC(C)CNCc1ccnc(N(C)C(C)C(C)(C)C)c1F. The van der Waals surface area contributed by atoms with Crippen LogP contribution in [0.1, 0.15) is 47.1 Å². The first-order chi connectivity index (χ1) is 9.64. The topological polar surface area (TPSA) is 28.2 Å². The van der Waals surface area contributed by atoms with E-state index in [4.69, 9.17) is 0 Å². The van der Waals surface area contributed by atoms with Gasteiger partial charge in [0, 0.05) is 31.4 Å². The van der Waals surface area contributed by atoms with Gasteiger partial charge in [-0.2, -0.15) is 0 Å². The molecule has 21 heavy (non-hydrogen) atoms. The fourth-order valence-electron chi connectivity index (χ4n) is 2.11. The number of halogens is 1. The predicted octanol–water partition coefficient (Wildman–Crippen LogP) is 3.84. The molecule has 4 heteroatoms. The van der Waals surface area contributed by atoms with E-state index in [-0.39, 0.29) is 17.3 Å². The molecule has 0 aliphatic carbocycles. The van der Waals surface area contributed by atoms with Gasteiger partial charge >= 0.3 is 0 Å². The molecule has 0 amide bonds. The minimum absolute atomic E-state index is 0.0643. The first kappa shape index (κ1) is 17.9. The quantitative estimate of drug-likeness (QED) is 0.864. The molecule has 0 aliphatic rings. The maximum atomic E-state index is 14.7. The number of rotatable bonds is 6. The molecule has 1 unspecified atom stereocenters. The zero-order valence-corrected chi connectivity index (χ0v) is 14.5. The van der Waals surface area contributed by atoms with Crippen LogP contribution >= 0.6 is 0 Å². The van der Waals surface area contributed by atoms with Gasteiger partial charge in [0.2, 0.25) is 0 Å². The van der Waals surface area contributed by atoms with Gasteiger partial charge in [-0.25, -0.2) is 9.37 Å². The standard InChI is InChI=1S/C17H30FN3/c1-12(2)10-19-11-14-8-9-20-16(15(14)18)21(7)13(3)17(4,5)6/h8-9,12-13,19H,10-11H2,1-7H3. The van der Waals surface area contributed by atoms with Gasteiger partial charge in [-0.05, 0) is 30.9 Å². The Morgan fingerprint density at radius 1 is 1.29 bits per heavy atom. The summed E-state index contributed by atoms with van der Waals surface area (Å²) in [7, 11) is 1.91.